The molecule has 38 heavy (non-hydrogen) atoms. The lowest BCUT2D eigenvalue weighted by molar-refractivity contribution is -0.0855. The Morgan fingerprint density at radius 3 is 2.63 bits per heavy atom. The van der Waals surface area contributed by atoms with Gasteiger partial charge >= 0.3 is 0 Å². The second-order valence-electron chi connectivity index (χ2n) is 10.1. The first-order valence-electron chi connectivity index (χ1n) is 13.6. The molecule has 2 aromatic carbocycles. The van der Waals surface area contributed by atoms with Crippen LogP contribution in [0.1, 0.15) is 65.3 Å². The number of nitrogens with one attached hydrogen (secondary N) is 1. The first-order valence-corrected chi connectivity index (χ1v) is 13.9. The van der Waals surface area contributed by atoms with E-state index in [4.69, 9.17) is 21.1 Å². The van der Waals surface area contributed by atoms with Gasteiger partial charge in [0.05, 0.1) is 25.9 Å². The molecule has 7 heteroatoms. The number of ketones is 1. The third-order valence-electron chi connectivity index (χ3n) is 7.00. The van der Waals surface area contributed by atoms with E-state index in [2.05, 4.69) is 37.0 Å². The van der Waals surface area contributed by atoms with Gasteiger partial charge in [-0.25, -0.2) is 0 Å². The molecule has 2 atom stereocenters. The predicted octanol–water partition coefficient (Wildman–Crippen LogP) is 4.34. The molecule has 1 N–H and O–H groups in total. The van der Waals surface area contributed by atoms with Gasteiger partial charge in [-0.2, -0.15) is 0 Å². The standard InChI is InChI=1S/C31H41ClN2O4/c1-5-7-24(8-6-9-30(35)25-11-13-26(32)14-12-25)19-34(4)20-29-22(2)10-15-28(23(29)3)31(36)33-18-27-21-37-16-17-38-27/h10-15,20,24,27H,2,5-9,16-19,21H2,1,3-4H3,(H,33,36)/b29-20+. The number of rotatable bonds is 13. The van der Waals surface area contributed by atoms with Gasteiger partial charge in [0.15, 0.2) is 5.78 Å². The summed E-state index contributed by atoms with van der Waals surface area (Å²) in [5, 5.41) is 5.47. The minimum atomic E-state index is -0.122. The van der Waals surface area contributed by atoms with Crippen LogP contribution in [0.5, 0.6) is 0 Å². The van der Waals surface area contributed by atoms with E-state index < -0.39 is 0 Å². The molecular weight excluding hydrogens is 500 g/mol. The minimum absolute atomic E-state index is 0.116. The normalized spacial score (nSPS) is 16.7. The van der Waals surface area contributed by atoms with Crippen LogP contribution in [0, 0.1) is 12.8 Å². The SMILES string of the molecule is C=c1ccc(C(=O)NCC2COCCO2)c(C)/c1=C/N(C)CC(CCC)CCCC(=O)c1ccc(Cl)cc1. The molecule has 1 heterocycles. The van der Waals surface area contributed by atoms with Gasteiger partial charge in [-0.3, -0.25) is 9.59 Å². The molecule has 0 saturated carbocycles. The summed E-state index contributed by atoms with van der Waals surface area (Å²) in [6.07, 6.45) is 6.53. The third kappa shape index (κ3) is 8.97. The van der Waals surface area contributed by atoms with Gasteiger partial charge in [-0.1, -0.05) is 37.6 Å². The molecule has 0 bridgehead atoms. The third-order valence-corrected chi connectivity index (χ3v) is 7.25. The number of carbonyl (C=O) groups excluding carboxylic acids is 2. The van der Waals surface area contributed by atoms with Crippen molar-refractivity contribution in [3.8, 4) is 0 Å². The molecule has 1 amide bonds. The number of Topliss-reactive ketones (excluding diaryl/α,β-unsaturated/α-hetero) is 1. The Labute approximate surface area is 231 Å². The van der Waals surface area contributed by atoms with Crippen LogP contribution in [0.15, 0.2) is 36.4 Å². The van der Waals surface area contributed by atoms with Crippen LogP contribution in [0.25, 0.3) is 12.8 Å². The van der Waals surface area contributed by atoms with E-state index in [1.165, 1.54) is 0 Å². The highest BCUT2D eigenvalue weighted by Crippen LogP contribution is 2.18. The fourth-order valence-electron chi connectivity index (χ4n) is 4.91. The van der Waals surface area contributed by atoms with Gasteiger partial charge in [0, 0.05) is 54.1 Å². The van der Waals surface area contributed by atoms with E-state index in [1.54, 1.807) is 24.3 Å². The molecule has 0 radical (unpaired) electrons. The zero-order valence-corrected chi connectivity index (χ0v) is 23.7. The Morgan fingerprint density at radius 1 is 1.18 bits per heavy atom. The van der Waals surface area contributed by atoms with E-state index in [9.17, 15) is 9.59 Å². The van der Waals surface area contributed by atoms with Crippen molar-refractivity contribution in [1.29, 1.82) is 0 Å². The summed E-state index contributed by atoms with van der Waals surface area (Å²) in [7, 11) is 2.06. The van der Waals surface area contributed by atoms with Crippen molar-refractivity contribution in [3.63, 3.8) is 0 Å². The van der Waals surface area contributed by atoms with Crippen molar-refractivity contribution in [2.75, 3.05) is 40.0 Å². The van der Waals surface area contributed by atoms with Gasteiger partial charge in [-0.15, -0.1) is 0 Å². The summed E-state index contributed by atoms with van der Waals surface area (Å²) in [5.74, 6) is 0.507. The van der Waals surface area contributed by atoms with E-state index in [1.807, 2.05) is 19.1 Å². The number of ether oxygens (including phenoxy) is 2. The average Bonchev–Trinajstić information content (AvgIpc) is 2.90. The van der Waals surface area contributed by atoms with E-state index in [-0.39, 0.29) is 17.8 Å². The number of halogens is 1. The molecule has 1 aliphatic rings. The topological polar surface area (TPSA) is 67.9 Å². The van der Waals surface area contributed by atoms with E-state index in [0.29, 0.717) is 54.9 Å². The highest BCUT2D eigenvalue weighted by Gasteiger charge is 2.17. The lowest BCUT2D eigenvalue weighted by Crippen LogP contribution is -2.41. The molecule has 2 unspecified atom stereocenters. The van der Waals surface area contributed by atoms with Gasteiger partial charge in [0.2, 0.25) is 0 Å². The second-order valence-corrected chi connectivity index (χ2v) is 10.6. The number of nitrogens with zero attached hydrogens (tertiary/aromatic N) is 1. The summed E-state index contributed by atoms with van der Waals surface area (Å²) in [5.41, 5.74) is 2.26. The molecule has 0 aliphatic carbocycles. The van der Waals surface area contributed by atoms with Crippen molar-refractivity contribution in [3.05, 3.63) is 68.5 Å². The number of hydrogen-bond acceptors (Lipinski definition) is 5. The summed E-state index contributed by atoms with van der Waals surface area (Å²) in [6, 6.07) is 10.8. The van der Waals surface area contributed by atoms with Gasteiger partial charge in [0.25, 0.3) is 5.91 Å². The molecule has 3 rings (SSSR count). The summed E-state index contributed by atoms with van der Waals surface area (Å²) < 4.78 is 11.0. The van der Waals surface area contributed by atoms with Crippen LogP contribution < -0.4 is 15.8 Å². The summed E-state index contributed by atoms with van der Waals surface area (Å²) >= 11 is 5.94. The van der Waals surface area contributed by atoms with Crippen LogP contribution in [0.4, 0.5) is 0 Å². The molecule has 1 aliphatic heterocycles. The first kappa shape index (κ1) is 29.9. The van der Waals surface area contributed by atoms with Crippen LogP contribution >= 0.6 is 11.6 Å². The van der Waals surface area contributed by atoms with Crippen molar-refractivity contribution >= 4 is 36.1 Å². The first-order chi connectivity index (χ1) is 18.3. The summed E-state index contributed by atoms with van der Waals surface area (Å²) in [4.78, 5) is 27.7. The maximum atomic E-state index is 12.9. The lowest BCUT2D eigenvalue weighted by atomic mass is 9.94. The highest BCUT2D eigenvalue weighted by atomic mass is 35.5. The predicted molar refractivity (Wildman–Crippen MR) is 154 cm³/mol. The monoisotopic (exact) mass is 540 g/mol. The average molecular weight is 541 g/mol. The largest absolute Gasteiger partial charge is 0.380 e. The highest BCUT2D eigenvalue weighted by molar-refractivity contribution is 6.30. The zero-order valence-electron chi connectivity index (χ0n) is 22.9. The second kappa shape index (κ2) is 15.1. The van der Waals surface area contributed by atoms with Crippen LogP contribution in [0.2, 0.25) is 5.02 Å². The van der Waals surface area contributed by atoms with Gasteiger partial charge in [-0.05, 0) is 73.2 Å². The maximum Gasteiger partial charge on any atom is 0.251 e. The zero-order chi connectivity index (χ0) is 27.5. The molecule has 0 aromatic heterocycles. The number of benzene rings is 2. The Morgan fingerprint density at radius 2 is 1.95 bits per heavy atom. The Hall–Kier alpha value is -2.67. The number of carbonyl (C=O) groups is 2. The lowest BCUT2D eigenvalue weighted by Gasteiger charge is -2.23. The quantitative estimate of drug-likeness (QED) is 0.383. The fraction of sp³-hybridized carbons (Fsp3) is 0.484. The molecule has 6 nitrogen and oxygen atoms in total. The molecule has 1 saturated heterocycles. The van der Waals surface area contributed by atoms with E-state index in [0.717, 1.165) is 48.2 Å². The molecule has 0 spiro atoms. The maximum absolute atomic E-state index is 12.9. The van der Waals surface area contributed by atoms with Gasteiger partial charge < -0.3 is 19.7 Å². The van der Waals surface area contributed by atoms with Crippen molar-refractivity contribution in [2.45, 2.75) is 52.1 Å². The Balaban J connectivity index is 1.61. The molecule has 206 valence electrons. The number of amides is 1. The van der Waals surface area contributed by atoms with Crippen molar-refractivity contribution in [1.82, 2.24) is 10.2 Å². The smallest absolute Gasteiger partial charge is 0.251 e. The number of hydrogen-bond donors (Lipinski definition) is 1. The van der Waals surface area contributed by atoms with Gasteiger partial charge in [0.1, 0.15) is 0 Å². The van der Waals surface area contributed by atoms with Crippen LogP contribution in [-0.2, 0) is 9.47 Å². The molecule has 1 fully saturated rings. The van der Waals surface area contributed by atoms with Crippen LogP contribution in [-0.4, -0.2) is 62.7 Å². The minimum Gasteiger partial charge on any atom is -0.380 e. The summed E-state index contributed by atoms with van der Waals surface area (Å²) in [6.45, 7) is 11.3. The Kier molecular flexibility index (Phi) is 11.8. The molecular formula is C31H41ClN2O4. The molecule has 2 aromatic rings. The van der Waals surface area contributed by atoms with Crippen LogP contribution in [0.3, 0.4) is 0 Å². The Bertz CT molecular complexity index is 1180. The van der Waals surface area contributed by atoms with E-state index >= 15 is 0 Å². The van der Waals surface area contributed by atoms with Crippen molar-refractivity contribution in [2.24, 2.45) is 5.92 Å². The fourth-order valence-corrected chi connectivity index (χ4v) is 5.04. The van der Waals surface area contributed by atoms with Crippen molar-refractivity contribution < 1.29 is 19.1 Å².